The van der Waals surface area contributed by atoms with E-state index in [1.165, 1.54) is 66.9 Å². The van der Waals surface area contributed by atoms with Crippen LogP contribution < -0.4 is 10.6 Å². The Kier molecular flexibility index (Phi) is 11.6. The lowest BCUT2D eigenvalue weighted by Gasteiger charge is -2.32. The van der Waals surface area contributed by atoms with Gasteiger partial charge in [0.1, 0.15) is 23.7 Å². The van der Waals surface area contributed by atoms with E-state index in [1.54, 1.807) is 0 Å². The molecule has 12 atom stereocenters. The van der Waals surface area contributed by atoms with Crippen molar-refractivity contribution in [1.82, 2.24) is 40.4 Å². The van der Waals surface area contributed by atoms with Crippen LogP contribution in [0, 0.1) is 23.7 Å². The summed E-state index contributed by atoms with van der Waals surface area (Å²) in [4.78, 5) is 73.5. The molecule has 0 spiro atoms. The number of hydrogen-bond donors (Lipinski definition) is 4. The van der Waals surface area contributed by atoms with E-state index in [4.69, 9.17) is 19.4 Å². The second-order valence-corrected chi connectivity index (χ2v) is 20.8. The zero-order valence-corrected chi connectivity index (χ0v) is 40.5. The van der Waals surface area contributed by atoms with Crippen molar-refractivity contribution in [1.29, 1.82) is 0 Å². The zero-order chi connectivity index (χ0) is 47.8. The Morgan fingerprint density at radius 3 is 1.36 bits per heavy atom. The standard InChI is InChI=1S/C55H64N8O6/c1-7-28(3)48(60-54(66)68-5)52(64)62-42-22-36(42)24-44(62)50-56-26-40(58-50)32-13-9-30(10-14-32)38-19-20-39(47-35-18-17-34(21-35)46(38)47)31-11-15-33(16-12-31)41-27-57-51(59-41)45-25-37-23-43(37)63(45)53(65)49(29(4)8-2)61-55(67)69-6/h9-16,19-20,26-29,34-37,42-45,48-49H,7-8,17-18,21-25H2,1-6H3,(H,56,58)(H,57,59)(H,60,66)(H,61,67)/t28?,29?,34?,35?,36?,37?,42?,43?,44-,45-,48-,49-/m0/s1. The lowest BCUT2D eigenvalue weighted by Crippen LogP contribution is -2.52. The van der Waals surface area contributed by atoms with Crippen LogP contribution in [0.15, 0.2) is 73.1 Å². The molecule has 2 aromatic heterocycles. The topological polar surface area (TPSA) is 175 Å². The number of H-pyrrole nitrogens is 2. The molecule has 14 heteroatoms. The first-order chi connectivity index (χ1) is 33.5. The highest BCUT2D eigenvalue weighted by atomic mass is 16.5. The maximum Gasteiger partial charge on any atom is 0.407 e. The number of benzene rings is 3. The molecule has 2 saturated heterocycles. The zero-order valence-electron chi connectivity index (χ0n) is 40.5. The highest BCUT2D eigenvalue weighted by Gasteiger charge is 2.57. The number of methoxy groups -OCH3 is 2. The van der Waals surface area contributed by atoms with Crippen LogP contribution in [0.3, 0.4) is 0 Å². The van der Waals surface area contributed by atoms with Crippen molar-refractivity contribution in [3.05, 3.63) is 95.8 Å². The monoisotopic (exact) mass is 932 g/mol. The number of alkyl carbamates (subject to hydrolysis) is 2. The molecule has 5 fully saturated rings. The SMILES string of the molecule is CCC(C)[C@H](NC(=O)OC)C(=O)N1C2CC2C[C@H]1c1ncc(-c2ccc(-c3ccc(-c4ccc(-c5cnc([C@@H]6CC7CC7N6C(=O)[C@@H](NC(=O)OC)C(C)CC)[nH]5)cc4)c4c3C3CCC4C3)cc2)[nH]1. The van der Waals surface area contributed by atoms with Crippen molar-refractivity contribution < 1.29 is 28.7 Å². The Hall–Kier alpha value is -6.44. The van der Waals surface area contributed by atoms with Crippen LogP contribution in [0.4, 0.5) is 9.59 Å². The van der Waals surface area contributed by atoms with E-state index in [9.17, 15) is 19.2 Å². The van der Waals surface area contributed by atoms with Gasteiger partial charge in [-0.1, -0.05) is 101 Å². The predicted octanol–water partition coefficient (Wildman–Crippen LogP) is 10.0. The quantitative estimate of drug-likeness (QED) is 0.0851. The van der Waals surface area contributed by atoms with E-state index in [1.807, 2.05) is 49.9 Å². The van der Waals surface area contributed by atoms with E-state index < -0.39 is 24.3 Å². The smallest absolute Gasteiger partial charge is 0.407 e. The van der Waals surface area contributed by atoms with Gasteiger partial charge < -0.3 is 39.9 Å². The van der Waals surface area contributed by atoms with Crippen LogP contribution in [0.1, 0.15) is 132 Å². The number of amides is 4. The van der Waals surface area contributed by atoms with Gasteiger partial charge in [0, 0.05) is 12.1 Å². The number of nitrogens with one attached hydrogen (secondary N) is 4. The number of piperidine rings is 2. The first-order valence-electron chi connectivity index (χ1n) is 25.3. The molecule has 3 saturated carbocycles. The molecule has 11 rings (SSSR count). The second-order valence-electron chi connectivity index (χ2n) is 20.8. The number of aromatic nitrogens is 4. The average molecular weight is 933 g/mol. The molecule has 5 aromatic rings. The van der Waals surface area contributed by atoms with Gasteiger partial charge in [-0.3, -0.25) is 9.59 Å². The number of carbonyl (C=O) groups is 4. The van der Waals surface area contributed by atoms with Gasteiger partial charge in [-0.15, -0.1) is 0 Å². The summed E-state index contributed by atoms with van der Waals surface area (Å²) in [6.45, 7) is 8.04. The van der Waals surface area contributed by atoms with Crippen molar-refractivity contribution in [2.45, 2.75) is 134 Å². The molecule has 14 nitrogen and oxygen atoms in total. The summed E-state index contributed by atoms with van der Waals surface area (Å²) in [5, 5.41) is 5.63. The summed E-state index contributed by atoms with van der Waals surface area (Å²) < 4.78 is 9.76. The molecular weight excluding hydrogens is 869 g/mol. The second kappa shape index (κ2) is 17.8. The van der Waals surface area contributed by atoms with Crippen LogP contribution in [0.25, 0.3) is 44.8 Å². The lowest BCUT2D eigenvalue weighted by atomic mass is 9.81. The fourth-order valence-corrected chi connectivity index (χ4v) is 12.6. The molecule has 69 heavy (non-hydrogen) atoms. The normalized spacial score (nSPS) is 26.3. The van der Waals surface area contributed by atoms with Gasteiger partial charge in [0.25, 0.3) is 0 Å². The number of fused-ring (bicyclic) bond motifs is 7. The van der Waals surface area contributed by atoms with E-state index in [0.717, 1.165) is 72.7 Å². The highest BCUT2D eigenvalue weighted by molar-refractivity contribution is 5.88. The number of aromatic amines is 2. The Balaban J connectivity index is 0.803. The molecule has 4 amide bonds. The van der Waals surface area contributed by atoms with Gasteiger partial charge in [-0.25, -0.2) is 19.6 Å². The fraction of sp³-hybridized carbons (Fsp3) is 0.491. The van der Waals surface area contributed by atoms with Gasteiger partial charge in [0.15, 0.2) is 0 Å². The van der Waals surface area contributed by atoms with Gasteiger partial charge in [-0.2, -0.15) is 0 Å². The summed E-state index contributed by atoms with van der Waals surface area (Å²) in [6.07, 6.45) is 11.4. The summed E-state index contributed by atoms with van der Waals surface area (Å²) in [6, 6.07) is 20.9. The highest BCUT2D eigenvalue weighted by Crippen LogP contribution is 2.59. The third kappa shape index (κ3) is 7.97. The number of likely N-dealkylation sites (tertiary alicyclic amines) is 2. The van der Waals surface area contributed by atoms with Gasteiger partial charge >= 0.3 is 12.2 Å². The summed E-state index contributed by atoms with van der Waals surface area (Å²) in [7, 11) is 2.65. The molecule has 4 N–H and O–H groups in total. The Bertz CT molecular complexity index is 2600. The summed E-state index contributed by atoms with van der Waals surface area (Å²) in [5.74, 6) is 3.35. The largest absolute Gasteiger partial charge is 0.453 e. The molecule has 4 aliphatic carbocycles. The van der Waals surface area contributed by atoms with Crippen LogP contribution in [0.2, 0.25) is 0 Å². The first kappa shape index (κ1) is 45.0. The number of imidazole rings is 2. The van der Waals surface area contributed by atoms with Crippen molar-refractivity contribution in [3.8, 4) is 44.8 Å². The van der Waals surface area contributed by atoms with Gasteiger partial charge in [-0.05, 0) is 125 Å². The van der Waals surface area contributed by atoms with Crippen LogP contribution in [-0.2, 0) is 19.1 Å². The molecular formula is C55H64N8O6. The number of hydrogen-bond acceptors (Lipinski definition) is 8. The molecule has 3 aromatic carbocycles. The minimum absolute atomic E-state index is 0.0427. The van der Waals surface area contributed by atoms with E-state index in [2.05, 4.69) is 81.3 Å². The minimum atomic E-state index is -0.658. The minimum Gasteiger partial charge on any atom is -0.453 e. The van der Waals surface area contributed by atoms with Gasteiger partial charge in [0.2, 0.25) is 11.8 Å². The first-order valence-corrected chi connectivity index (χ1v) is 25.3. The van der Waals surface area contributed by atoms with Crippen LogP contribution in [-0.4, -0.2) is 92.1 Å². The molecule has 2 aliphatic heterocycles. The molecule has 2 bridgehead atoms. The Labute approximate surface area is 403 Å². The number of ether oxygens (including phenoxy) is 2. The van der Waals surface area contributed by atoms with Crippen LogP contribution in [0.5, 0.6) is 0 Å². The molecule has 4 heterocycles. The molecule has 360 valence electrons. The Morgan fingerprint density at radius 1 is 0.594 bits per heavy atom. The summed E-state index contributed by atoms with van der Waals surface area (Å²) >= 11 is 0. The van der Waals surface area contributed by atoms with Crippen molar-refractivity contribution in [3.63, 3.8) is 0 Å². The van der Waals surface area contributed by atoms with Crippen molar-refractivity contribution in [2.75, 3.05) is 14.2 Å². The van der Waals surface area contributed by atoms with Gasteiger partial charge in [0.05, 0.1) is 50.1 Å². The third-order valence-electron chi connectivity index (χ3n) is 17.0. The maximum absolute atomic E-state index is 14.1. The number of carbonyl (C=O) groups excluding carboxylic acids is 4. The number of rotatable bonds is 14. The third-order valence-corrected chi connectivity index (χ3v) is 17.0. The predicted molar refractivity (Wildman–Crippen MR) is 262 cm³/mol. The molecule has 0 radical (unpaired) electrons. The molecule has 6 aliphatic rings. The lowest BCUT2D eigenvalue weighted by molar-refractivity contribution is -0.137. The number of nitrogens with zero attached hydrogens (tertiary/aromatic N) is 4. The van der Waals surface area contributed by atoms with Crippen molar-refractivity contribution >= 4 is 24.0 Å². The Morgan fingerprint density at radius 2 is 0.986 bits per heavy atom. The van der Waals surface area contributed by atoms with E-state index in [-0.39, 0.29) is 47.8 Å². The maximum atomic E-state index is 14.1. The summed E-state index contributed by atoms with van der Waals surface area (Å²) in [5.41, 5.74) is 11.9. The molecule has 8 unspecified atom stereocenters. The fourth-order valence-electron chi connectivity index (χ4n) is 12.6. The van der Waals surface area contributed by atoms with Crippen molar-refractivity contribution in [2.24, 2.45) is 23.7 Å². The average Bonchev–Trinajstić information content (AvgIpc) is 3.82. The van der Waals surface area contributed by atoms with E-state index in [0.29, 0.717) is 23.7 Å². The van der Waals surface area contributed by atoms with Crippen LogP contribution >= 0.6 is 0 Å². The van der Waals surface area contributed by atoms with E-state index >= 15 is 0 Å².